The van der Waals surface area contributed by atoms with Crippen LogP contribution in [0.4, 0.5) is 32.4 Å². The Kier molecular flexibility index (Phi) is 10.5. The molecular weight excluding hydrogens is 615 g/mol. The van der Waals surface area contributed by atoms with Crippen molar-refractivity contribution in [3.05, 3.63) is 58.8 Å². The van der Waals surface area contributed by atoms with Gasteiger partial charge >= 0.3 is 18.2 Å². The number of aromatic nitrogens is 1. The fourth-order valence-corrected chi connectivity index (χ4v) is 5.72. The van der Waals surface area contributed by atoms with E-state index >= 15 is 0 Å². The molecule has 9 nitrogen and oxygen atoms in total. The molecule has 1 aromatic heterocycles. The van der Waals surface area contributed by atoms with Crippen LogP contribution in [0.3, 0.4) is 0 Å². The van der Waals surface area contributed by atoms with E-state index in [-0.39, 0.29) is 24.3 Å². The Morgan fingerprint density at radius 3 is 2.39 bits per heavy atom. The van der Waals surface area contributed by atoms with Crippen molar-refractivity contribution in [2.75, 3.05) is 52.3 Å². The summed E-state index contributed by atoms with van der Waals surface area (Å²) in [6.45, 7) is 6.37. The molecule has 0 bridgehead atoms. The SMILES string of the molecule is COC(=O)c1ccc([C@H]2CN(CC(F)F)CCN2Cc2c(OC)cc(C)c3c2ccn3C(=O)OC(C)(C)C)cc1NCC(F)(F)F. The number of hydrogen-bond acceptors (Lipinski definition) is 8. The van der Waals surface area contributed by atoms with Crippen molar-refractivity contribution in [1.82, 2.24) is 14.4 Å². The zero-order valence-corrected chi connectivity index (χ0v) is 26.6. The molecular formula is C32H39F5N4O5. The number of alkyl halides is 5. The van der Waals surface area contributed by atoms with Gasteiger partial charge in [-0.25, -0.2) is 18.4 Å². The number of halogens is 5. The summed E-state index contributed by atoms with van der Waals surface area (Å²) in [6.07, 6.45) is -6.07. The molecule has 3 aromatic rings. The van der Waals surface area contributed by atoms with Gasteiger partial charge in [-0.3, -0.25) is 14.4 Å². The van der Waals surface area contributed by atoms with Gasteiger partial charge in [-0.15, -0.1) is 0 Å². The summed E-state index contributed by atoms with van der Waals surface area (Å²) in [7, 11) is 2.65. The van der Waals surface area contributed by atoms with Gasteiger partial charge < -0.3 is 19.5 Å². The van der Waals surface area contributed by atoms with E-state index in [1.54, 1.807) is 44.0 Å². The van der Waals surface area contributed by atoms with Crippen molar-refractivity contribution in [3.8, 4) is 5.75 Å². The van der Waals surface area contributed by atoms with E-state index in [1.165, 1.54) is 23.8 Å². The molecule has 1 N–H and O–H groups in total. The highest BCUT2D eigenvalue weighted by Gasteiger charge is 2.33. The van der Waals surface area contributed by atoms with Crippen LogP contribution in [0.1, 0.15) is 53.9 Å². The Morgan fingerprint density at radius 1 is 1.07 bits per heavy atom. The first kappa shape index (κ1) is 35.0. The standard InChI is InChI=1S/C32H39F5N4O5/c1-19-13-26(44-5)23(21-9-10-41(28(19)21)30(43)46-31(2,3)4)15-40-12-11-39(17-27(33)34)16-25(40)20-7-8-22(29(42)45-6)24(14-20)38-18-32(35,36)37/h7-10,13-14,25,27,38H,11-12,15-18H2,1-6H3/t25-/m1/s1. The topological polar surface area (TPSA) is 85.3 Å². The van der Waals surface area contributed by atoms with E-state index in [0.717, 1.165) is 23.6 Å². The Morgan fingerprint density at radius 2 is 1.78 bits per heavy atom. The molecule has 2 aromatic carbocycles. The van der Waals surface area contributed by atoms with Gasteiger partial charge in [0.15, 0.2) is 0 Å². The lowest BCUT2D eigenvalue weighted by Crippen LogP contribution is -2.49. The molecule has 0 unspecified atom stereocenters. The third kappa shape index (κ3) is 8.27. The number of ether oxygens (including phenoxy) is 3. The fraction of sp³-hybridized carbons (Fsp3) is 0.500. The summed E-state index contributed by atoms with van der Waals surface area (Å²) in [4.78, 5) is 29.1. The minimum Gasteiger partial charge on any atom is -0.496 e. The number of rotatable bonds is 9. The molecule has 1 atom stereocenters. The van der Waals surface area contributed by atoms with E-state index < -0.39 is 49.4 Å². The minimum atomic E-state index is -4.56. The molecule has 1 aliphatic heterocycles. The van der Waals surface area contributed by atoms with Crippen molar-refractivity contribution in [2.24, 2.45) is 0 Å². The monoisotopic (exact) mass is 654 g/mol. The molecule has 0 radical (unpaired) electrons. The molecule has 1 saturated heterocycles. The number of piperazine rings is 1. The number of carbonyl (C=O) groups excluding carboxylic acids is 2. The van der Waals surface area contributed by atoms with E-state index in [1.807, 2.05) is 17.9 Å². The Balaban J connectivity index is 1.78. The average molecular weight is 655 g/mol. The van der Waals surface area contributed by atoms with Gasteiger partial charge in [0.1, 0.15) is 17.9 Å². The summed E-state index contributed by atoms with van der Waals surface area (Å²) < 4.78 is 83.9. The zero-order valence-electron chi connectivity index (χ0n) is 26.6. The van der Waals surface area contributed by atoms with E-state index in [4.69, 9.17) is 14.2 Å². The summed E-state index contributed by atoms with van der Waals surface area (Å²) in [5, 5.41) is 3.02. The van der Waals surface area contributed by atoms with Gasteiger partial charge in [0, 0.05) is 55.1 Å². The van der Waals surface area contributed by atoms with Crippen LogP contribution in [-0.4, -0.2) is 91.6 Å². The first-order valence-electron chi connectivity index (χ1n) is 14.7. The van der Waals surface area contributed by atoms with Gasteiger partial charge in [-0.05, 0) is 63.1 Å². The molecule has 1 fully saturated rings. The molecule has 0 saturated carbocycles. The molecule has 1 aliphatic rings. The Bertz CT molecular complexity index is 1570. The maximum atomic E-state index is 13.5. The van der Waals surface area contributed by atoms with Crippen molar-refractivity contribution >= 4 is 28.7 Å². The maximum absolute atomic E-state index is 13.5. The predicted octanol–water partition coefficient (Wildman–Crippen LogP) is 6.63. The number of aryl methyl sites for hydroxylation is 1. The summed E-state index contributed by atoms with van der Waals surface area (Å²) >= 11 is 0. The van der Waals surface area contributed by atoms with E-state index in [9.17, 15) is 31.5 Å². The largest absolute Gasteiger partial charge is 0.496 e. The third-order valence-corrected chi connectivity index (χ3v) is 7.69. The van der Waals surface area contributed by atoms with Crippen LogP contribution in [0.25, 0.3) is 10.9 Å². The lowest BCUT2D eigenvalue weighted by molar-refractivity contribution is -0.115. The highest BCUT2D eigenvalue weighted by Crippen LogP contribution is 2.37. The number of nitrogens with zero attached hydrogens (tertiary/aromatic N) is 3. The quantitative estimate of drug-likeness (QED) is 0.204. The molecule has 14 heteroatoms. The van der Waals surface area contributed by atoms with Crippen LogP contribution >= 0.6 is 0 Å². The third-order valence-electron chi connectivity index (χ3n) is 7.69. The molecule has 2 heterocycles. The molecule has 0 spiro atoms. The van der Waals surface area contributed by atoms with Crippen LogP contribution < -0.4 is 10.1 Å². The molecule has 46 heavy (non-hydrogen) atoms. The van der Waals surface area contributed by atoms with Crippen LogP contribution in [0.5, 0.6) is 5.75 Å². The molecule has 4 rings (SSSR count). The Labute approximate surface area is 264 Å². The van der Waals surface area contributed by atoms with Gasteiger partial charge in [0.2, 0.25) is 0 Å². The average Bonchev–Trinajstić information content (AvgIpc) is 3.42. The second-order valence-electron chi connectivity index (χ2n) is 12.2. The van der Waals surface area contributed by atoms with E-state index in [0.29, 0.717) is 29.9 Å². The number of anilines is 1. The van der Waals surface area contributed by atoms with Crippen molar-refractivity contribution in [3.63, 3.8) is 0 Å². The number of fused-ring (bicyclic) bond motifs is 1. The number of nitrogens with one attached hydrogen (secondary N) is 1. The summed E-state index contributed by atoms with van der Waals surface area (Å²) in [5.41, 5.74) is 1.75. The normalized spacial score (nSPS) is 16.6. The second-order valence-corrected chi connectivity index (χ2v) is 12.2. The van der Waals surface area contributed by atoms with Gasteiger partial charge in [-0.2, -0.15) is 13.2 Å². The zero-order chi connectivity index (χ0) is 34.0. The van der Waals surface area contributed by atoms with Crippen molar-refractivity contribution in [2.45, 2.75) is 58.5 Å². The van der Waals surface area contributed by atoms with Crippen LogP contribution in [-0.2, 0) is 16.0 Å². The molecule has 0 amide bonds. The number of esters is 1. The number of hydrogen-bond donors (Lipinski definition) is 1. The lowest BCUT2D eigenvalue weighted by atomic mass is 9.97. The van der Waals surface area contributed by atoms with Gasteiger partial charge in [0.25, 0.3) is 6.43 Å². The highest BCUT2D eigenvalue weighted by atomic mass is 19.4. The van der Waals surface area contributed by atoms with Gasteiger partial charge in [-0.1, -0.05) is 6.07 Å². The number of benzene rings is 2. The smallest absolute Gasteiger partial charge is 0.419 e. The summed E-state index contributed by atoms with van der Waals surface area (Å²) in [5.74, 6) is -0.272. The minimum absolute atomic E-state index is 0.0858. The first-order chi connectivity index (χ1) is 21.5. The first-order valence-corrected chi connectivity index (χ1v) is 14.7. The van der Waals surface area contributed by atoms with Crippen LogP contribution in [0.15, 0.2) is 36.5 Å². The maximum Gasteiger partial charge on any atom is 0.419 e. The predicted molar refractivity (Wildman–Crippen MR) is 163 cm³/mol. The summed E-state index contributed by atoms with van der Waals surface area (Å²) in [6, 6.07) is 7.44. The fourth-order valence-electron chi connectivity index (χ4n) is 5.72. The molecule has 252 valence electrons. The second kappa shape index (κ2) is 13.8. The molecule has 0 aliphatic carbocycles. The number of carbonyl (C=O) groups is 2. The highest BCUT2D eigenvalue weighted by molar-refractivity contribution is 5.96. The van der Waals surface area contributed by atoms with Crippen LogP contribution in [0.2, 0.25) is 0 Å². The van der Waals surface area contributed by atoms with Crippen LogP contribution in [0, 0.1) is 6.92 Å². The van der Waals surface area contributed by atoms with Crippen molar-refractivity contribution < 1.29 is 45.8 Å². The van der Waals surface area contributed by atoms with Gasteiger partial charge in [0.05, 0.1) is 31.8 Å². The number of methoxy groups -OCH3 is 2. The van der Waals surface area contributed by atoms with Crippen molar-refractivity contribution in [1.29, 1.82) is 0 Å². The Hall–Kier alpha value is -3.91. The van der Waals surface area contributed by atoms with E-state index in [2.05, 4.69) is 5.32 Å². The lowest BCUT2D eigenvalue weighted by Gasteiger charge is -2.42.